The lowest BCUT2D eigenvalue weighted by Crippen LogP contribution is -2.26. The van der Waals surface area contributed by atoms with Gasteiger partial charge in [0.2, 0.25) is 5.91 Å². The van der Waals surface area contributed by atoms with Crippen LogP contribution < -0.4 is 20.3 Å². The Morgan fingerprint density at radius 3 is 2.59 bits per heavy atom. The monoisotopic (exact) mass is 532 g/mol. The van der Waals surface area contributed by atoms with Gasteiger partial charge >= 0.3 is 6.18 Å². The molecular formula is C26H27F3N4O3S. The molecule has 1 unspecified atom stereocenters. The summed E-state index contributed by atoms with van der Waals surface area (Å²) >= 11 is 1.23. The minimum absolute atomic E-state index is 0.182. The number of amides is 2. The number of ether oxygens (including phenoxy) is 1. The van der Waals surface area contributed by atoms with Gasteiger partial charge in [0.15, 0.2) is 0 Å². The van der Waals surface area contributed by atoms with Crippen molar-refractivity contribution in [3.63, 3.8) is 0 Å². The molecule has 2 aromatic heterocycles. The van der Waals surface area contributed by atoms with Crippen molar-refractivity contribution in [1.29, 1.82) is 0 Å². The number of carbonyl (C=O) groups excluding carboxylic acids is 2. The fourth-order valence-corrected chi connectivity index (χ4v) is 5.13. The number of carbonyl (C=O) groups is 2. The predicted octanol–water partition coefficient (Wildman–Crippen LogP) is 5.58. The molecule has 196 valence electrons. The van der Waals surface area contributed by atoms with E-state index in [9.17, 15) is 22.8 Å². The maximum absolute atomic E-state index is 13.0. The van der Waals surface area contributed by atoms with Crippen LogP contribution in [0.3, 0.4) is 0 Å². The van der Waals surface area contributed by atoms with Gasteiger partial charge in [-0.2, -0.15) is 13.2 Å². The quantitative estimate of drug-likeness (QED) is 0.415. The average molecular weight is 533 g/mol. The molecule has 3 aromatic rings. The molecule has 1 fully saturated rings. The van der Waals surface area contributed by atoms with E-state index in [0.717, 1.165) is 17.2 Å². The molecule has 3 heterocycles. The second kappa shape index (κ2) is 10.8. The number of nitrogens with zero attached hydrogens (tertiary/aromatic N) is 2. The predicted molar refractivity (Wildman–Crippen MR) is 136 cm³/mol. The van der Waals surface area contributed by atoms with Gasteiger partial charge in [0, 0.05) is 19.9 Å². The van der Waals surface area contributed by atoms with Crippen molar-refractivity contribution >= 4 is 34.0 Å². The maximum atomic E-state index is 13.0. The Bertz CT molecular complexity index is 1280. The SMILES string of the molecule is CC(=O)Nc1cc(C)c(C(=O)N[C@@H](C)c2ccc(OC3CCN(c4cccc(C(F)(F)F)n4)C3)cc2)s1. The first-order chi connectivity index (χ1) is 17.5. The highest BCUT2D eigenvalue weighted by atomic mass is 32.1. The molecule has 0 spiro atoms. The lowest BCUT2D eigenvalue weighted by molar-refractivity contribution is -0.141. The van der Waals surface area contributed by atoms with E-state index in [2.05, 4.69) is 15.6 Å². The summed E-state index contributed by atoms with van der Waals surface area (Å²) in [4.78, 5) is 30.1. The number of aryl methyl sites for hydroxylation is 1. The van der Waals surface area contributed by atoms with E-state index in [1.165, 1.54) is 24.3 Å². The summed E-state index contributed by atoms with van der Waals surface area (Å²) in [5.74, 6) is 0.508. The van der Waals surface area contributed by atoms with Gasteiger partial charge in [-0.05, 0) is 55.3 Å². The van der Waals surface area contributed by atoms with Gasteiger partial charge in [0.05, 0.1) is 22.5 Å². The van der Waals surface area contributed by atoms with Crippen LogP contribution in [0, 0.1) is 6.92 Å². The molecule has 37 heavy (non-hydrogen) atoms. The molecule has 1 aliphatic rings. The van der Waals surface area contributed by atoms with E-state index in [-0.39, 0.29) is 29.8 Å². The molecule has 0 radical (unpaired) electrons. The zero-order chi connectivity index (χ0) is 26.7. The summed E-state index contributed by atoms with van der Waals surface area (Å²) < 4.78 is 45.0. The van der Waals surface area contributed by atoms with Crippen LogP contribution in [0.1, 0.15) is 52.8 Å². The molecule has 0 aliphatic carbocycles. The maximum Gasteiger partial charge on any atom is 0.433 e. The number of nitrogens with one attached hydrogen (secondary N) is 2. The van der Waals surface area contributed by atoms with Gasteiger partial charge in [-0.15, -0.1) is 11.3 Å². The van der Waals surface area contributed by atoms with Crippen molar-refractivity contribution < 1.29 is 27.5 Å². The number of thiophene rings is 1. The summed E-state index contributed by atoms with van der Waals surface area (Å²) in [6, 6.07) is 12.8. The minimum atomic E-state index is -4.48. The first kappa shape index (κ1) is 26.5. The van der Waals surface area contributed by atoms with Crippen LogP contribution in [0.15, 0.2) is 48.5 Å². The highest BCUT2D eigenvalue weighted by Crippen LogP contribution is 2.31. The first-order valence-corrected chi connectivity index (χ1v) is 12.6. The normalized spacial score (nSPS) is 16.4. The number of anilines is 2. The number of hydrogen-bond acceptors (Lipinski definition) is 6. The van der Waals surface area contributed by atoms with Crippen LogP contribution in [-0.2, 0) is 11.0 Å². The Hall–Kier alpha value is -3.60. The molecule has 2 N–H and O–H groups in total. The van der Waals surface area contributed by atoms with E-state index in [4.69, 9.17) is 4.74 Å². The summed E-state index contributed by atoms with van der Waals surface area (Å²) in [5.41, 5.74) is 0.764. The Balaban J connectivity index is 1.32. The summed E-state index contributed by atoms with van der Waals surface area (Å²) in [6.07, 6.45) is -4.01. The third-order valence-electron chi connectivity index (χ3n) is 5.95. The van der Waals surface area contributed by atoms with Crippen LogP contribution in [0.2, 0.25) is 0 Å². The Morgan fingerprint density at radius 2 is 1.92 bits per heavy atom. The van der Waals surface area contributed by atoms with E-state index >= 15 is 0 Å². The van der Waals surface area contributed by atoms with E-state index in [1.54, 1.807) is 17.0 Å². The van der Waals surface area contributed by atoms with Crippen molar-refractivity contribution in [2.75, 3.05) is 23.3 Å². The number of rotatable bonds is 7. The molecule has 2 atom stereocenters. The van der Waals surface area contributed by atoms with Gasteiger partial charge in [-0.3, -0.25) is 9.59 Å². The van der Waals surface area contributed by atoms with E-state index < -0.39 is 11.9 Å². The first-order valence-electron chi connectivity index (χ1n) is 11.7. The molecule has 1 aromatic carbocycles. The number of halogens is 3. The standard InChI is InChI=1S/C26H27F3N4O3S/c1-15-13-23(31-17(3)34)37-24(15)25(35)30-16(2)18-7-9-19(10-8-18)36-20-11-12-33(14-20)22-6-4-5-21(32-22)26(27,28)29/h4-10,13,16,20H,11-12,14H2,1-3H3,(H,30,35)(H,31,34)/t16-,20?/m0/s1. The Morgan fingerprint density at radius 1 is 1.19 bits per heavy atom. The number of pyridine rings is 1. The largest absolute Gasteiger partial charge is 0.489 e. The number of hydrogen-bond donors (Lipinski definition) is 2. The van der Waals surface area contributed by atoms with Crippen LogP contribution >= 0.6 is 11.3 Å². The van der Waals surface area contributed by atoms with Crippen molar-refractivity contribution in [3.05, 3.63) is 70.2 Å². The number of aromatic nitrogens is 1. The van der Waals surface area contributed by atoms with Crippen molar-refractivity contribution in [2.45, 2.75) is 45.5 Å². The van der Waals surface area contributed by atoms with E-state index in [1.807, 2.05) is 38.1 Å². The minimum Gasteiger partial charge on any atom is -0.489 e. The molecule has 11 heteroatoms. The summed E-state index contributed by atoms with van der Waals surface area (Å²) in [7, 11) is 0. The summed E-state index contributed by atoms with van der Waals surface area (Å²) in [6.45, 7) is 6.10. The molecule has 1 saturated heterocycles. The second-order valence-electron chi connectivity index (χ2n) is 8.92. The third-order valence-corrected chi connectivity index (χ3v) is 7.10. The van der Waals surface area contributed by atoms with Gasteiger partial charge in [0.25, 0.3) is 5.91 Å². The highest BCUT2D eigenvalue weighted by Gasteiger charge is 2.33. The van der Waals surface area contributed by atoms with Gasteiger partial charge < -0.3 is 20.3 Å². The zero-order valence-electron chi connectivity index (χ0n) is 20.6. The van der Waals surface area contributed by atoms with Crippen LogP contribution in [-0.4, -0.2) is 36.0 Å². The molecule has 2 amide bonds. The van der Waals surface area contributed by atoms with Crippen molar-refractivity contribution in [2.24, 2.45) is 0 Å². The van der Waals surface area contributed by atoms with Gasteiger partial charge in [0.1, 0.15) is 23.4 Å². The van der Waals surface area contributed by atoms with Gasteiger partial charge in [-0.25, -0.2) is 4.98 Å². The molecule has 4 rings (SSSR count). The molecule has 7 nitrogen and oxygen atoms in total. The Kier molecular flexibility index (Phi) is 7.72. The fourth-order valence-electron chi connectivity index (χ4n) is 4.11. The van der Waals surface area contributed by atoms with Crippen LogP contribution in [0.4, 0.5) is 24.0 Å². The van der Waals surface area contributed by atoms with Crippen molar-refractivity contribution in [1.82, 2.24) is 10.3 Å². The number of alkyl halides is 3. The second-order valence-corrected chi connectivity index (χ2v) is 9.97. The average Bonchev–Trinajstić information content (AvgIpc) is 3.45. The molecular weight excluding hydrogens is 505 g/mol. The van der Waals surface area contributed by atoms with Crippen molar-refractivity contribution in [3.8, 4) is 5.75 Å². The zero-order valence-corrected chi connectivity index (χ0v) is 21.4. The molecule has 0 bridgehead atoms. The van der Waals surface area contributed by atoms with Crippen LogP contribution in [0.5, 0.6) is 5.75 Å². The van der Waals surface area contributed by atoms with Crippen LogP contribution in [0.25, 0.3) is 0 Å². The molecule has 1 aliphatic heterocycles. The lowest BCUT2D eigenvalue weighted by atomic mass is 10.1. The number of benzene rings is 1. The van der Waals surface area contributed by atoms with E-state index in [0.29, 0.717) is 35.1 Å². The molecule has 0 saturated carbocycles. The lowest BCUT2D eigenvalue weighted by Gasteiger charge is -2.19. The fraction of sp³-hybridized carbons (Fsp3) is 0.346. The topological polar surface area (TPSA) is 83.6 Å². The summed E-state index contributed by atoms with van der Waals surface area (Å²) in [5, 5.41) is 6.30. The third kappa shape index (κ3) is 6.59. The smallest absolute Gasteiger partial charge is 0.433 e. The van der Waals surface area contributed by atoms with Gasteiger partial charge in [-0.1, -0.05) is 18.2 Å². The Labute approximate surface area is 216 Å². The highest BCUT2D eigenvalue weighted by molar-refractivity contribution is 7.18.